The molecule has 4 fully saturated rings. The van der Waals surface area contributed by atoms with E-state index in [1.807, 2.05) is 11.0 Å². The Bertz CT molecular complexity index is 1290. The summed E-state index contributed by atoms with van der Waals surface area (Å²) in [5.74, 6) is 1.00. The van der Waals surface area contributed by atoms with E-state index in [2.05, 4.69) is 29.0 Å². The number of methoxy groups -OCH3 is 1. The number of ether oxygens (including phenoxy) is 3. The molecule has 1 spiro atoms. The number of rotatable bonds is 8. The van der Waals surface area contributed by atoms with E-state index in [-0.39, 0.29) is 23.5 Å². The first-order valence-corrected chi connectivity index (χ1v) is 15.5. The second-order valence-electron chi connectivity index (χ2n) is 11.7. The van der Waals surface area contributed by atoms with E-state index >= 15 is 0 Å². The summed E-state index contributed by atoms with van der Waals surface area (Å²) in [5, 5.41) is 0. The second kappa shape index (κ2) is 10.9. The van der Waals surface area contributed by atoms with Crippen molar-refractivity contribution in [1.82, 2.24) is 9.62 Å². The SMILES string of the molecule is COc1ccc(S(=O)NC(C)=O)cc1-c1ccc(C2CC23CCN(C(=O)C2(OC4CCCCO4)CC2)CC3)cc1. The predicted molar refractivity (Wildman–Crippen MR) is 151 cm³/mol. The monoisotopic (exact) mass is 566 g/mol. The number of hydrogen-bond acceptors (Lipinski definition) is 6. The van der Waals surface area contributed by atoms with Gasteiger partial charge in [0, 0.05) is 32.2 Å². The first kappa shape index (κ1) is 27.4. The van der Waals surface area contributed by atoms with Gasteiger partial charge in [-0.1, -0.05) is 24.3 Å². The quantitative estimate of drug-likeness (QED) is 0.498. The fourth-order valence-corrected chi connectivity index (χ4v) is 7.27. The zero-order chi connectivity index (χ0) is 27.9. The van der Waals surface area contributed by atoms with Crippen LogP contribution in [0.5, 0.6) is 5.75 Å². The van der Waals surface area contributed by atoms with Crippen LogP contribution in [0.1, 0.15) is 69.8 Å². The molecule has 2 saturated heterocycles. The van der Waals surface area contributed by atoms with Crippen LogP contribution < -0.4 is 9.46 Å². The Hall–Kier alpha value is -2.75. The average molecular weight is 567 g/mol. The van der Waals surface area contributed by atoms with Gasteiger partial charge in [0.25, 0.3) is 5.91 Å². The maximum atomic E-state index is 13.4. The normalized spacial score (nSPS) is 25.2. The number of carbonyl (C=O) groups excluding carboxylic acids is 2. The lowest BCUT2D eigenvalue weighted by molar-refractivity contribution is -0.205. The molecule has 0 radical (unpaired) electrons. The summed E-state index contributed by atoms with van der Waals surface area (Å²) in [4.78, 5) is 27.3. The Kier molecular flexibility index (Phi) is 7.48. The van der Waals surface area contributed by atoms with Gasteiger partial charge in [0.15, 0.2) is 17.3 Å². The summed E-state index contributed by atoms with van der Waals surface area (Å²) in [6, 6.07) is 13.8. The number of carbonyl (C=O) groups is 2. The summed E-state index contributed by atoms with van der Waals surface area (Å²) in [5.41, 5.74) is 2.75. The molecule has 3 unspecified atom stereocenters. The Labute approximate surface area is 238 Å². The minimum absolute atomic E-state index is 0.161. The molecule has 6 rings (SSSR count). The van der Waals surface area contributed by atoms with E-state index in [1.165, 1.54) is 12.5 Å². The summed E-state index contributed by atoms with van der Waals surface area (Å²) >= 11 is 0. The van der Waals surface area contributed by atoms with Gasteiger partial charge in [-0.2, -0.15) is 0 Å². The zero-order valence-electron chi connectivity index (χ0n) is 23.3. The molecule has 1 N–H and O–H groups in total. The molecule has 3 atom stereocenters. The molecule has 40 heavy (non-hydrogen) atoms. The fraction of sp³-hybridized carbons (Fsp3) is 0.548. The van der Waals surface area contributed by atoms with Crippen molar-refractivity contribution in [2.45, 2.75) is 81.0 Å². The third-order valence-corrected chi connectivity index (χ3v) is 10.2. The Morgan fingerprint density at radius 1 is 1.05 bits per heavy atom. The van der Waals surface area contributed by atoms with Crippen LogP contribution in [0.15, 0.2) is 47.4 Å². The lowest BCUT2D eigenvalue weighted by Gasteiger charge is -2.36. The fourth-order valence-electron chi connectivity index (χ4n) is 6.48. The van der Waals surface area contributed by atoms with Crippen LogP contribution in [0.2, 0.25) is 0 Å². The van der Waals surface area contributed by atoms with E-state index in [0.29, 0.717) is 16.6 Å². The summed E-state index contributed by atoms with van der Waals surface area (Å²) in [6.07, 6.45) is 7.63. The van der Waals surface area contributed by atoms with Crippen molar-refractivity contribution in [3.05, 3.63) is 48.0 Å². The molecule has 214 valence electrons. The van der Waals surface area contributed by atoms with E-state index in [4.69, 9.17) is 14.2 Å². The van der Waals surface area contributed by atoms with Crippen molar-refractivity contribution in [1.29, 1.82) is 0 Å². The number of benzene rings is 2. The van der Waals surface area contributed by atoms with Gasteiger partial charge in [0.2, 0.25) is 5.91 Å². The van der Waals surface area contributed by atoms with Gasteiger partial charge >= 0.3 is 0 Å². The minimum atomic E-state index is -1.62. The van der Waals surface area contributed by atoms with Gasteiger partial charge in [0.1, 0.15) is 11.4 Å². The maximum Gasteiger partial charge on any atom is 0.254 e. The minimum Gasteiger partial charge on any atom is -0.496 e. The molecule has 2 saturated carbocycles. The smallest absolute Gasteiger partial charge is 0.254 e. The molecule has 2 aromatic rings. The van der Waals surface area contributed by atoms with Crippen LogP contribution in [0.4, 0.5) is 0 Å². The highest BCUT2D eigenvalue weighted by atomic mass is 32.2. The van der Waals surface area contributed by atoms with Crippen molar-refractivity contribution in [3.8, 4) is 16.9 Å². The molecule has 0 bridgehead atoms. The van der Waals surface area contributed by atoms with Crippen molar-refractivity contribution < 1.29 is 28.0 Å². The third kappa shape index (κ3) is 5.43. The molecule has 2 aromatic carbocycles. The van der Waals surface area contributed by atoms with Gasteiger partial charge in [-0.05, 0) is 92.0 Å². The first-order valence-electron chi connectivity index (χ1n) is 14.4. The first-order chi connectivity index (χ1) is 19.3. The number of amides is 2. The highest BCUT2D eigenvalue weighted by Crippen LogP contribution is 2.65. The van der Waals surface area contributed by atoms with E-state index in [9.17, 15) is 13.8 Å². The van der Waals surface area contributed by atoms with E-state index < -0.39 is 16.6 Å². The predicted octanol–water partition coefficient (Wildman–Crippen LogP) is 4.69. The molecular formula is C31H38N2O6S. The summed E-state index contributed by atoms with van der Waals surface area (Å²) < 4.78 is 32.4. The number of nitrogens with zero attached hydrogens (tertiary/aromatic N) is 1. The highest BCUT2D eigenvalue weighted by molar-refractivity contribution is 7.83. The highest BCUT2D eigenvalue weighted by Gasteiger charge is 2.59. The Morgan fingerprint density at radius 2 is 1.80 bits per heavy atom. The van der Waals surface area contributed by atoms with Crippen molar-refractivity contribution >= 4 is 22.8 Å². The third-order valence-electron chi connectivity index (χ3n) is 9.07. The van der Waals surface area contributed by atoms with Crippen molar-refractivity contribution in [2.75, 3.05) is 26.8 Å². The van der Waals surface area contributed by atoms with E-state index in [0.717, 1.165) is 82.2 Å². The molecule has 2 heterocycles. The van der Waals surface area contributed by atoms with Gasteiger partial charge in [-0.3, -0.25) is 14.3 Å². The number of piperidine rings is 1. The van der Waals surface area contributed by atoms with Gasteiger partial charge in [-0.15, -0.1) is 0 Å². The van der Waals surface area contributed by atoms with Crippen LogP contribution in [-0.2, 0) is 30.0 Å². The zero-order valence-corrected chi connectivity index (χ0v) is 24.1. The van der Waals surface area contributed by atoms with Crippen LogP contribution in [0.25, 0.3) is 11.1 Å². The van der Waals surface area contributed by atoms with Crippen LogP contribution in [-0.4, -0.2) is 59.6 Å². The Morgan fingerprint density at radius 3 is 2.42 bits per heavy atom. The molecule has 0 aromatic heterocycles. The van der Waals surface area contributed by atoms with E-state index in [1.54, 1.807) is 19.2 Å². The molecule has 2 aliphatic heterocycles. The number of hydrogen-bond donors (Lipinski definition) is 1. The molecule has 2 aliphatic carbocycles. The molecular weight excluding hydrogens is 528 g/mol. The summed E-state index contributed by atoms with van der Waals surface area (Å²) in [6.45, 7) is 3.65. The summed E-state index contributed by atoms with van der Waals surface area (Å²) in [7, 11) is -0.0101. The maximum absolute atomic E-state index is 13.4. The molecule has 9 heteroatoms. The second-order valence-corrected chi connectivity index (χ2v) is 12.9. The largest absolute Gasteiger partial charge is 0.496 e. The molecule has 4 aliphatic rings. The number of likely N-dealkylation sites (tertiary alicyclic amines) is 1. The molecule has 8 nitrogen and oxygen atoms in total. The van der Waals surface area contributed by atoms with Crippen molar-refractivity contribution in [2.24, 2.45) is 5.41 Å². The van der Waals surface area contributed by atoms with Crippen LogP contribution in [0, 0.1) is 5.41 Å². The van der Waals surface area contributed by atoms with Crippen LogP contribution in [0.3, 0.4) is 0 Å². The molecule has 2 amide bonds. The number of nitrogens with one attached hydrogen (secondary N) is 1. The van der Waals surface area contributed by atoms with Gasteiger partial charge in [0.05, 0.1) is 12.0 Å². The van der Waals surface area contributed by atoms with Crippen LogP contribution >= 0.6 is 0 Å². The lowest BCUT2D eigenvalue weighted by atomic mass is 9.88. The topological polar surface area (TPSA) is 94.2 Å². The lowest BCUT2D eigenvalue weighted by Crippen LogP contribution is -2.48. The standard InChI is InChI=1S/C31H38N2O6S/c1-21(34)32-40(36)24-10-11-27(37-2)25(19-24)22-6-8-23(9-7-22)26-20-30(26)14-16-33(17-15-30)29(35)31(12-13-31)39-28-5-3-4-18-38-28/h6-11,19,26,28H,3-5,12-18,20H2,1-2H3,(H,32,34). The average Bonchev–Trinajstić information content (AvgIpc) is 3.90. The van der Waals surface area contributed by atoms with Crippen molar-refractivity contribution in [3.63, 3.8) is 0 Å². The van der Waals surface area contributed by atoms with Gasteiger partial charge in [-0.25, -0.2) is 4.21 Å². The van der Waals surface area contributed by atoms with Gasteiger partial charge < -0.3 is 19.1 Å². The Balaban J connectivity index is 1.08.